The van der Waals surface area contributed by atoms with Gasteiger partial charge in [-0.15, -0.1) is 0 Å². The molecule has 1 heteroatoms. The second-order valence-electron chi connectivity index (χ2n) is 5.51. The van der Waals surface area contributed by atoms with Gasteiger partial charge in [-0.2, -0.15) is 0 Å². The van der Waals surface area contributed by atoms with Crippen molar-refractivity contribution in [3.05, 3.63) is 35.4 Å². The maximum absolute atomic E-state index is 6.06. The van der Waals surface area contributed by atoms with Crippen molar-refractivity contribution in [3.8, 4) is 0 Å². The average molecular weight is 247 g/mol. The molecular formula is C17H29N. The third-order valence-electron chi connectivity index (χ3n) is 4.25. The summed E-state index contributed by atoms with van der Waals surface area (Å²) in [6.07, 6.45) is 7.23. The number of benzene rings is 1. The van der Waals surface area contributed by atoms with Crippen LogP contribution in [0.25, 0.3) is 0 Å². The van der Waals surface area contributed by atoms with Crippen molar-refractivity contribution in [2.75, 3.05) is 6.54 Å². The lowest BCUT2D eigenvalue weighted by atomic mass is 9.75. The smallest absolute Gasteiger partial charge is 0.00174 e. The zero-order chi connectivity index (χ0) is 13.4. The van der Waals surface area contributed by atoms with Crippen LogP contribution in [-0.2, 0) is 12.8 Å². The Kier molecular flexibility index (Phi) is 6.42. The Morgan fingerprint density at radius 1 is 1.00 bits per heavy atom. The molecule has 0 saturated carbocycles. The minimum absolute atomic E-state index is 0.309. The van der Waals surface area contributed by atoms with E-state index in [-0.39, 0.29) is 0 Å². The van der Waals surface area contributed by atoms with Crippen LogP contribution in [0, 0.1) is 5.41 Å². The lowest BCUT2D eigenvalue weighted by Crippen LogP contribution is -2.32. The molecule has 1 atom stereocenters. The normalized spacial score (nSPS) is 14.4. The van der Waals surface area contributed by atoms with Crippen LogP contribution in [0.4, 0.5) is 0 Å². The number of unbranched alkanes of at least 4 members (excludes halogenated alkanes) is 1. The van der Waals surface area contributed by atoms with Crippen LogP contribution < -0.4 is 5.73 Å². The van der Waals surface area contributed by atoms with Crippen LogP contribution >= 0.6 is 0 Å². The minimum Gasteiger partial charge on any atom is -0.330 e. The highest BCUT2D eigenvalue weighted by Crippen LogP contribution is 2.32. The summed E-state index contributed by atoms with van der Waals surface area (Å²) in [5.74, 6) is 0. The third kappa shape index (κ3) is 4.13. The van der Waals surface area contributed by atoms with Gasteiger partial charge in [-0.3, -0.25) is 0 Å². The molecule has 1 aromatic carbocycles. The van der Waals surface area contributed by atoms with Gasteiger partial charge in [-0.25, -0.2) is 0 Å². The van der Waals surface area contributed by atoms with E-state index in [1.165, 1.54) is 36.8 Å². The lowest BCUT2D eigenvalue weighted by Gasteiger charge is -2.31. The fourth-order valence-electron chi connectivity index (χ4n) is 2.59. The third-order valence-corrected chi connectivity index (χ3v) is 4.25. The monoisotopic (exact) mass is 247 g/mol. The first-order chi connectivity index (χ1) is 8.69. The summed E-state index contributed by atoms with van der Waals surface area (Å²) in [5.41, 5.74) is 9.23. The highest BCUT2D eigenvalue weighted by molar-refractivity contribution is 5.23. The fraction of sp³-hybridized carbons (Fsp3) is 0.647. The van der Waals surface area contributed by atoms with Crippen LogP contribution in [0.5, 0.6) is 0 Å². The Bertz CT molecular complexity index is 322. The van der Waals surface area contributed by atoms with Gasteiger partial charge in [-0.05, 0) is 48.8 Å². The average Bonchev–Trinajstić information content (AvgIpc) is 2.44. The topological polar surface area (TPSA) is 26.0 Å². The van der Waals surface area contributed by atoms with Crippen molar-refractivity contribution in [2.24, 2.45) is 11.1 Å². The Labute approximate surface area is 113 Å². The molecule has 0 fully saturated rings. The molecule has 0 amide bonds. The van der Waals surface area contributed by atoms with E-state index < -0.39 is 0 Å². The molecule has 0 saturated heterocycles. The molecule has 0 radical (unpaired) electrons. The van der Waals surface area contributed by atoms with Gasteiger partial charge in [-0.1, -0.05) is 57.9 Å². The molecule has 2 N–H and O–H groups in total. The van der Waals surface area contributed by atoms with E-state index in [4.69, 9.17) is 5.73 Å². The molecule has 1 unspecified atom stereocenters. The largest absolute Gasteiger partial charge is 0.330 e. The molecule has 0 spiro atoms. The second-order valence-corrected chi connectivity index (χ2v) is 5.51. The summed E-state index contributed by atoms with van der Waals surface area (Å²) in [6.45, 7) is 7.54. The number of rotatable bonds is 8. The molecule has 1 nitrogen and oxygen atoms in total. The van der Waals surface area contributed by atoms with Gasteiger partial charge in [0.15, 0.2) is 0 Å². The molecule has 1 aromatic rings. The zero-order valence-electron chi connectivity index (χ0n) is 12.3. The van der Waals surface area contributed by atoms with E-state index in [0.717, 1.165) is 19.4 Å². The Hall–Kier alpha value is -0.820. The minimum atomic E-state index is 0.309. The molecule has 0 heterocycles. The van der Waals surface area contributed by atoms with Crippen LogP contribution in [0.2, 0.25) is 0 Å². The first-order valence-corrected chi connectivity index (χ1v) is 7.47. The van der Waals surface area contributed by atoms with E-state index in [9.17, 15) is 0 Å². The molecule has 0 aromatic heterocycles. The SMILES string of the molecule is CCCCC(CC)(CN)Cc1ccc(CC)cc1. The van der Waals surface area contributed by atoms with Crippen LogP contribution in [0.15, 0.2) is 24.3 Å². The molecule has 1 rings (SSSR count). The van der Waals surface area contributed by atoms with Crippen LogP contribution in [-0.4, -0.2) is 6.54 Å². The van der Waals surface area contributed by atoms with Crippen molar-refractivity contribution in [1.29, 1.82) is 0 Å². The summed E-state index contributed by atoms with van der Waals surface area (Å²) >= 11 is 0. The van der Waals surface area contributed by atoms with Crippen molar-refractivity contribution < 1.29 is 0 Å². The van der Waals surface area contributed by atoms with Crippen LogP contribution in [0.1, 0.15) is 57.6 Å². The van der Waals surface area contributed by atoms with Gasteiger partial charge in [0, 0.05) is 0 Å². The molecule has 18 heavy (non-hydrogen) atoms. The highest BCUT2D eigenvalue weighted by Gasteiger charge is 2.26. The molecular weight excluding hydrogens is 218 g/mol. The Balaban J connectivity index is 2.74. The van der Waals surface area contributed by atoms with Crippen molar-refractivity contribution in [2.45, 2.75) is 59.3 Å². The second kappa shape index (κ2) is 7.58. The molecule has 0 aliphatic rings. The summed E-state index contributed by atoms with van der Waals surface area (Å²) < 4.78 is 0. The van der Waals surface area contributed by atoms with E-state index in [0.29, 0.717) is 5.41 Å². The Morgan fingerprint density at radius 3 is 2.06 bits per heavy atom. The molecule has 0 aliphatic carbocycles. The first-order valence-electron chi connectivity index (χ1n) is 7.47. The molecule has 102 valence electrons. The quantitative estimate of drug-likeness (QED) is 0.726. The number of hydrogen-bond acceptors (Lipinski definition) is 1. The number of aryl methyl sites for hydroxylation is 1. The van der Waals surface area contributed by atoms with Gasteiger partial charge in [0.1, 0.15) is 0 Å². The highest BCUT2D eigenvalue weighted by atomic mass is 14.6. The predicted molar refractivity (Wildman–Crippen MR) is 80.8 cm³/mol. The summed E-state index contributed by atoms with van der Waals surface area (Å²) in [4.78, 5) is 0. The van der Waals surface area contributed by atoms with Gasteiger partial charge in [0.25, 0.3) is 0 Å². The van der Waals surface area contributed by atoms with Crippen molar-refractivity contribution >= 4 is 0 Å². The van der Waals surface area contributed by atoms with E-state index in [1.54, 1.807) is 0 Å². The van der Waals surface area contributed by atoms with Gasteiger partial charge >= 0.3 is 0 Å². The zero-order valence-corrected chi connectivity index (χ0v) is 12.3. The predicted octanol–water partition coefficient (Wildman–Crippen LogP) is 4.34. The fourth-order valence-corrected chi connectivity index (χ4v) is 2.59. The van der Waals surface area contributed by atoms with Gasteiger partial charge in [0.05, 0.1) is 0 Å². The van der Waals surface area contributed by atoms with E-state index in [1.807, 2.05) is 0 Å². The van der Waals surface area contributed by atoms with E-state index >= 15 is 0 Å². The van der Waals surface area contributed by atoms with Crippen molar-refractivity contribution in [1.82, 2.24) is 0 Å². The van der Waals surface area contributed by atoms with Crippen molar-refractivity contribution in [3.63, 3.8) is 0 Å². The number of hydrogen-bond donors (Lipinski definition) is 1. The number of nitrogens with two attached hydrogens (primary N) is 1. The van der Waals surface area contributed by atoms with E-state index in [2.05, 4.69) is 45.0 Å². The van der Waals surface area contributed by atoms with Gasteiger partial charge < -0.3 is 5.73 Å². The summed E-state index contributed by atoms with van der Waals surface area (Å²) in [5, 5.41) is 0. The first kappa shape index (κ1) is 15.2. The lowest BCUT2D eigenvalue weighted by molar-refractivity contribution is 0.251. The standard InChI is InChI=1S/C17H29N/c1-4-7-12-17(6-3,14-18)13-16-10-8-15(5-2)9-11-16/h8-11H,4-7,12-14,18H2,1-3H3. The van der Waals surface area contributed by atoms with Crippen LogP contribution in [0.3, 0.4) is 0 Å². The Morgan fingerprint density at radius 2 is 1.61 bits per heavy atom. The molecule has 0 aliphatic heterocycles. The molecule has 0 bridgehead atoms. The summed E-state index contributed by atoms with van der Waals surface area (Å²) in [7, 11) is 0. The maximum atomic E-state index is 6.06. The van der Waals surface area contributed by atoms with Gasteiger partial charge in [0.2, 0.25) is 0 Å². The maximum Gasteiger partial charge on any atom is -0.00174 e. The summed E-state index contributed by atoms with van der Waals surface area (Å²) in [6, 6.07) is 9.08.